The molecule has 0 radical (unpaired) electrons. The highest BCUT2D eigenvalue weighted by molar-refractivity contribution is 6.03. The zero-order valence-electron chi connectivity index (χ0n) is 13.6. The van der Waals surface area contributed by atoms with Crippen LogP contribution in [0.1, 0.15) is 33.6 Å². The third kappa shape index (κ3) is 2.95. The maximum absolute atomic E-state index is 12.3. The molecule has 3 heterocycles. The zero-order chi connectivity index (χ0) is 16.5. The number of rotatable bonds is 4. The van der Waals surface area contributed by atoms with Crippen molar-refractivity contribution >= 4 is 11.7 Å². The number of amides is 1. The number of nitrogens with zero attached hydrogens (tertiary/aromatic N) is 4. The summed E-state index contributed by atoms with van der Waals surface area (Å²) in [6.45, 7) is 3.65. The molecule has 1 aliphatic rings. The fourth-order valence-corrected chi connectivity index (χ4v) is 3.01. The Labute approximate surface area is 140 Å². The van der Waals surface area contributed by atoms with Gasteiger partial charge in [-0.05, 0) is 43.0 Å². The topological polar surface area (TPSA) is 64.7 Å². The third-order valence-corrected chi connectivity index (χ3v) is 4.23. The molecule has 6 heteroatoms. The lowest BCUT2D eigenvalue weighted by Crippen LogP contribution is -2.13. The van der Waals surface area contributed by atoms with Crippen LogP contribution in [-0.2, 0) is 19.5 Å². The molecule has 1 aliphatic heterocycles. The first kappa shape index (κ1) is 14.7. The Bertz CT molecular complexity index is 854. The van der Waals surface area contributed by atoms with Crippen molar-refractivity contribution in [3.63, 3.8) is 0 Å². The minimum Gasteiger partial charge on any atom is -0.305 e. The van der Waals surface area contributed by atoms with Crippen molar-refractivity contribution in [1.29, 1.82) is 0 Å². The van der Waals surface area contributed by atoms with E-state index in [-0.39, 0.29) is 5.91 Å². The normalized spacial score (nSPS) is 13.0. The van der Waals surface area contributed by atoms with Gasteiger partial charge < -0.3 is 5.32 Å². The second-order valence-corrected chi connectivity index (χ2v) is 6.21. The second-order valence-electron chi connectivity index (χ2n) is 6.21. The van der Waals surface area contributed by atoms with Crippen LogP contribution in [0.4, 0.5) is 5.82 Å². The van der Waals surface area contributed by atoms with Gasteiger partial charge in [0.15, 0.2) is 5.82 Å². The molecule has 3 aromatic rings. The summed E-state index contributed by atoms with van der Waals surface area (Å²) in [5.41, 5.74) is 4.06. The average Bonchev–Trinajstić information content (AvgIpc) is 3.24. The second kappa shape index (κ2) is 5.96. The largest absolute Gasteiger partial charge is 0.305 e. The van der Waals surface area contributed by atoms with E-state index in [2.05, 4.69) is 15.5 Å². The number of nitrogens with one attached hydrogen (secondary N) is 1. The molecule has 122 valence electrons. The molecule has 2 aromatic heterocycles. The molecule has 1 amide bonds. The third-order valence-electron chi connectivity index (χ3n) is 4.23. The van der Waals surface area contributed by atoms with Crippen LogP contribution in [0.3, 0.4) is 0 Å². The van der Waals surface area contributed by atoms with Crippen molar-refractivity contribution in [2.45, 2.75) is 32.9 Å². The van der Waals surface area contributed by atoms with E-state index < -0.39 is 0 Å². The Kier molecular flexibility index (Phi) is 3.65. The van der Waals surface area contributed by atoms with Gasteiger partial charge >= 0.3 is 0 Å². The Morgan fingerprint density at radius 2 is 2.12 bits per heavy atom. The van der Waals surface area contributed by atoms with Crippen LogP contribution in [-0.4, -0.2) is 25.5 Å². The molecule has 0 saturated carbocycles. The number of carbonyl (C=O) groups excluding carboxylic acids is 1. The first-order valence-corrected chi connectivity index (χ1v) is 8.13. The number of aryl methyl sites for hydroxylation is 3. The molecule has 0 spiro atoms. The highest BCUT2D eigenvalue weighted by Gasteiger charge is 2.15. The molecule has 1 aromatic carbocycles. The van der Waals surface area contributed by atoms with Crippen LogP contribution in [0.15, 0.2) is 42.7 Å². The predicted octanol–water partition coefficient (Wildman–Crippen LogP) is 2.63. The molecular weight excluding hydrogens is 302 g/mol. The zero-order valence-corrected chi connectivity index (χ0v) is 13.6. The van der Waals surface area contributed by atoms with Gasteiger partial charge in [0, 0.05) is 30.1 Å². The van der Waals surface area contributed by atoms with Crippen molar-refractivity contribution in [3.8, 4) is 0 Å². The van der Waals surface area contributed by atoms with Gasteiger partial charge in [-0.2, -0.15) is 10.2 Å². The maximum atomic E-state index is 12.3. The SMILES string of the molecule is Cc1cnn(Cc2ccc(C(=O)Nc3cc4n(n3)CCC4)cc2)c1. The highest BCUT2D eigenvalue weighted by Crippen LogP contribution is 2.18. The van der Waals surface area contributed by atoms with Crippen molar-refractivity contribution < 1.29 is 4.79 Å². The molecule has 0 saturated heterocycles. The summed E-state index contributed by atoms with van der Waals surface area (Å²) >= 11 is 0. The Morgan fingerprint density at radius 3 is 2.83 bits per heavy atom. The lowest BCUT2D eigenvalue weighted by Gasteiger charge is -2.05. The summed E-state index contributed by atoms with van der Waals surface area (Å²) in [5.74, 6) is 0.499. The lowest BCUT2D eigenvalue weighted by molar-refractivity contribution is 0.102. The molecule has 0 atom stereocenters. The summed E-state index contributed by atoms with van der Waals surface area (Å²) in [4.78, 5) is 12.3. The fourth-order valence-electron chi connectivity index (χ4n) is 3.01. The molecule has 0 bridgehead atoms. The van der Waals surface area contributed by atoms with Gasteiger partial charge in [0.1, 0.15) is 0 Å². The molecular formula is C18H19N5O. The quantitative estimate of drug-likeness (QED) is 0.803. The van der Waals surface area contributed by atoms with E-state index in [1.165, 1.54) is 5.69 Å². The Hall–Kier alpha value is -2.89. The van der Waals surface area contributed by atoms with Gasteiger partial charge in [0.05, 0.1) is 12.7 Å². The molecule has 0 fully saturated rings. The first-order chi connectivity index (χ1) is 11.7. The Morgan fingerprint density at radius 1 is 1.29 bits per heavy atom. The van der Waals surface area contributed by atoms with Crippen LogP contribution in [0.2, 0.25) is 0 Å². The average molecular weight is 321 g/mol. The number of benzene rings is 1. The van der Waals surface area contributed by atoms with Gasteiger partial charge in [-0.3, -0.25) is 14.2 Å². The van der Waals surface area contributed by atoms with E-state index in [0.29, 0.717) is 17.9 Å². The maximum Gasteiger partial charge on any atom is 0.256 e. The minimum absolute atomic E-state index is 0.131. The molecule has 0 unspecified atom stereocenters. The number of hydrogen-bond acceptors (Lipinski definition) is 3. The number of hydrogen-bond donors (Lipinski definition) is 1. The fraction of sp³-hybridized carbons (Fsp3) is 0.278. The molecule has 1 N–H and O–H groups in total. The van der Waals surface area contributed by atoms with E-state index in [1.54, 1.807) is 0 Å². The van der Waals surface area contributed by atoms with Crippen molar-refractivity contribution in [2.24, 2.45) is 0 Å². The summed E-state index contributed by atoms with van der Waals surface area (Å²) < 4.78 is 3.85. The standard InChI is InChI=1S/C18H19N5O/c1-13-10-19-22(11-13)12-14-4-6-15(7-5-14)18(24)20-17-9-16-3-2-8-23(16)21-17/h4-7,9-11H,2-3,8,12H2,1H3,(H,20,21,24). The molecule has 4 rings (SSSR count). The first-order valence-electron chi connectivity index (χ1n) is 8.13. The van der Waals surface area contributed by atoms with E-state index in [9.17, 15) is 4.79 Å². The summed E-state index contributed by atoms with van der Waals surface area (Å²) in [5, 5.41) is 11.6. The summed E-state index contributed by atoms with van der Waals surface area (Å²) in [6, 6.07) is 9.55. The van der Waals surface area contributed by atoms with Crippen molar-refractivity contribution in [2.75, 3.05) is 5.32 Å². The molecule has 6 nitrogen and oxygen atoms in total. The van der Waals surface area contributed by atoms with Crippen molar-refractivity contribution in [3.05, 3.63) is 65.1 Å². The van der Waals surface area contributed by atoms with Crippen LogP contribution >= 0.6 is 0 Å². The smallest absolute Gasteiger partial charge is 0.256 e. The van der Waals surface area contributed by atoms with Crippen molar-refractivity contribution in [1.82, 2.24) is 19.6 Å². The summed E-state index contributed by atoms with van der Waals surface area (Å²) in [7, 11) is 0. The van der Waals surface area contributed by atoms with Gasteiger partial charge in [-0.25, -0.2) is 0 Å². The number of aromatic nitrogens is 4. The van der Waals surface area contributed by atoms with E-state index in [0.717, 1.165) is 30.5 Å². The van der Waals surface area contributed by atoms with Crippen LogP contribution < -0.4 is 5.32 Å². The number of carbonyl (C=O) groups is 1. The molecule has 0 aliphatic carbocycles. The van der Waals surface area contributed by atoms with E-state index >= 15 is 0 Å². The number of fused-ring (bicyclic) bond motifs is 1. The van der Waals surface area contributed by atoms with Crippen LogP contribution in [0.5, 0.6) is 0 Å². The van der Waals surface area contributed by atoms with Gasteiger partial charge in [-0.1, -0.05) is 12.1 Å². The highest BCUT2D eigenvalue weighted by atomic mass is 16.1. The van der Waals surface area contributed by atoms with Gasteiger partial charge in [-0.15, -0.1) is 0 Å². The number of anilines is 1. The van der Waals surface area contributed by atoms with Crippen LogP contribution in [0, 0.1) is 6.92 Å². The predicted molar refractivity (Wildman–Crippen MR) is 91.0 cm³/mol. The lowest BCUT2D eigenvalue weighted by atomic mass is 10.1. The van der Waals surface area contributed by atoms with E-state index in [1.807, 2.05) is 59.0 Å². The van der Waals surface area contributed by atoms with Crippen LogP contribution in [0.25, 0.3) is 0 Å². The monoisotopic (exact) mass is 321 g/mol. The van der Waals surface area contributed by atoms with Gasteiger partial charge in [0.2, 0.25) is 0 Å². The Balaban J connectivity index is 1.42. The summed E-state index contributed by atoms with van der Waals surface area (Å²) in [6.07, 6.45) is 6.00. The van der Waals surface area contributed by atoms with Gasteiger partial charge in [0.25, 0.3) is 5.91 Å². The van der Waals surface area contributed by atoms with E-state index in [4.69, 9.17) is 0 Å². The minimum atomic E-state index is -0.131. The molecule has 24 heavy (non-hydrogen) atoms.